The van der Waals surface area contributed by atoms with Crippen molar-refractivity contribution in [3.8, 4) is 5.75 Å². The molecule has 0 aliphatic carbocycles. The largest absolute Gasteiger partial charge is 0.494 e. The Labute approximate surface area is 124 Å². The van der Waals surface area contributed by atoms with E-state index in [2.05, 4.69) is 24.2 Å². The van der Waals surface area contributed by atoms with Crippen LogP contribution in [-0.4, -0.2) is 24.6 Å². The summed E-state index contributed by atoms with van der Waals surface area (Å²) < 4.78 is 18.5. The van der Waals surface area contributed by atoms with Crippen LogP contribution in [-0.2, 0) is 0 Å². The predicted molar refractivity (Wildman–Crippen MR) is 84.3 cm³/mol. The van der Waals surface area contributed by atoms with E-state index in [4.69, 9.17) is 4.74 Å². The van der Waals surface area contributed by atoms with E-state index >= 15 is 0 Å². The zero-order chi connectivity index (χ0) is 14.6. The van der Waals surface area contributed by atoms with E-state index in [9.17, 15) is 4.39 Å². The third kappa shape index (κ3) is 3.26. The first-order chi connectivity index (χ1) is 9.62. The van der Waals surface area contributed by atoms with Gasteiger partial charge < -0.3 is 10.1 Å². The van der Waals surface area contributed by atoms with Gasteiger partial charge in [0.1, 0.15) is 0 Å². The molecule has 0 aromatic heterocycles. The summed E-state index contributed by atoms with van der Waals surface area (Å²) in [6.45, 7) is 5.28. The van der Waals surface area contributed by atoms with Crippen molar-refractivity contribution in [2.75, 3.05) is 24.7 Å². The fourth-order valence-electron chi connectivity index (χ4n) is 2.17. The normalized spacial score (nSPS) is 17.5. The van der Waals surface area contributed by atoms with Crippen LogP contribution in [0.4, 0.5) is 10.1 Å². The van der Waals surface area contributed by atoms with Gasteiger partial charge in [-0.15, -0.1) is 0 Å². The van der Waals surface area contributed by atoms with Crippen LogP contribution in [0, 0.1) is 11.2 Å². The quantitative estimate of drug-likeness (QED) is 0.906. The van der Waals surface area contributed by atoms with Crippen molar-refractivity contribution in [3.05, 3.63) is 24.0 Å². The van der Waals surface area contributed by atoms with Gasteiger partial charge in [-0.3, -0.25) is 4.99 Å². The standard InChI is InChI=1S/C15H21FN2OS/c1-4-15(5-2)9-17-14(20-10-15)18-11-6-7-13(19-3)12(16)8-11/h6-8H,4-5,9-10H2,1-3H3,(H,17,18). The zero-order valence-electron chi connectivity index (χ0n) is 12.2. The Morgan fingerprint density at radius 1 is 1.40 bits per heavy atom. The molecule has 0 amide bonds. The average Bonchev–Trinajstić information content (AvgIpc) is 2.49. The molecule has 0 saturated heterocycles. The Bertz CT molecular complexity index is 501. The number of nitrogens with zero attached hydrogens (tertiary/aromatic N) is 1. The molecule has 0 radical (unpaired) electrons. The number of thioether (sulfide) groups is 1. The molecule has 20 heavy (non-hydrogen) atoms. The fraction of sp³-hybridized carbons (Fsp3) is 0.533. The maximum Gasteiger partial charge on any atom is 0.167 e. The lowest BCUT2D eigenvalue weighted by Gasteiger charge is -2.33. The molecule has 0 spiro atoms. The molecule has 1 aliphatic rings. The maximum absolute atomic E-state index is 13.6. The highest BCUT2D eigenvalue weighted by atomic mass is 32.2. The molecule has 1 N–H and O–H groups in total. The number of amidine groups is 1. The summed E-state index contributed by atoms with van der Waals surface area (Å²) in [5, 5.41) is 4.04. The first-order valence-electron chi connectivity index (χ1n) is 6.90. The van der Waals surface area contributed by atoms with Gasteiger partial charge in [0.15, 0.2) is 16.7 Å². The van der Waals surface area contributed by atoms with Crippen molar-refractivity contribution < 1.29 is 9.13 Å². The number of anilines is 1. The number of ether oxygens (including phenoxy) is 1. The zero-order valence-corrected chi connectivity index (χ0v) is 13.0. The van der Waals surface area contributed by atoms with Crippen LogP contribution >= 0.6 is 11.8 Å². The second-order valence-corrected chi connectivity index (χ2v) is 6.06. The van der Waals surface area contributed by atoms with E-state index in [0.29, 0.717) is 11.1 Å². The number of hydrogen-bond donors (Lipinski definition) is 1. The van der Waals surface area contributed by atoms with E-state index in [0.717, 1.165) is 30.3 Å². The molecule has 5 heteroatoms. The van der Waals surface area contributed by atoms with Crippen LogP contribution in [0.15, 0.2) is 23.2 Å². The summed E-state index contributed by atoms with van der Waals surface area (Å²) in [5.41, 5.74) is 1.02. The molecular formula is C15H21FN2OS. The minimum absolute atomic E-state index is 0.254. The fourth-order valence-corrected chi connectivity index (χ4v) is 3.46. The minimum atomic E-state index is -0.365. The predicted octanol–water partition coefficient (Wildman–Crippen LogP) is 4.16. The molecule has 1 aromatic carbocycles. The van der Waals surface area contributed by atoms with Crippen LogP contribution in [0.5, 0.6) is 5.75 Å². The van der Waals surface area contributed by atoms with E-state index in [-0.39, 0.29) is 11.6 Å². The summed E-state index contributed by atoms with van der Waals surface area (Å²) in [4.78, 5) is 4.61. The molecule has 110 valence electrons. The molecule has 1 aliphatic heterocycles. The molecule has 1 aromatic rings. The molecule has 0 saturated carbocycles. The van der Waals surface area contributed by atoms with Crippen LogP contribution in [0.3, 0.4) is 0 Å². The minimum Gasteiger partial charge on any atom is -0.494 e. The maximum atomic E-state index is 13.6. The lowest BCUT2D eigenvalue weighted by atomic mass is 9.84. The van der Waals surface area contributed by atoms with Crippen molar-refractivity contribution in [1.29, 1.82) is 0 Å². The van der Waals surface area contributed by atoms with Gasteiger partial charge in [-0.1, -0.05) is 25.6 Å². The Kier molecular flexibility index (Phi) is 4.91. The van der Waals surface area contributed by atoms with Crippen molar-refractivity contribution in [2.45, 2.75) is 26.7 Å². The Hall–Kier alpha value is -1.23. The van der Waals surface area contributed by atoms with Crippen LogP contribution in [0.25, 0.3) is 0 Å². The highest BCUT2D eigenvalue weighted by molar-refractivity contribution is 8.14. The smallest absolute Gasteiger partial charge is 0.167 e. The molecule has 0 unspecified atom stereocenters. The van der Waals surface area contributed by atoms with Crippen LogP contribution < -0.4 is 10.1 Å². The van der Waals surface area contributed by atoms with Crippen LogP contribution in [0.2, 0.25) is 0 Å². The lowest BCUT2D eigenvalue weighted by Crippen LogP contribution is -2.32. The SMILES string of the molecule is CCC1(CC)CN=C(Nc2ccc(OC)c(F)c2)SC1. The molecule has 0 bridgehead atoms. The Morgan fingerprint density at radius 2 is 2.15 bits per heavy atom. The van der Waals surface area contributed by atoms with Gasteiger partial charge in [0.2, 0.25) is 0 Å². The number of nitrogens with one attached hydrogen (secondary N) is 1. The monoisotopic (exact) mass is 296 g/mol. The van der Waals surface area contributed by atoms with Crippen molar-refractivity contribution in [2.24, 2.45) is 10.4 Å². The second kappa shape index (κ2) is 6.48. The molecule has 0 fully saturated rings. The third-order valence-corrected chi connectivity index (χ3v) is 5.24. The first-order valence-corrected chi connectivity index (χ1v) is 7.89. The number of benzene rings is 1. The summed E-state index contributed by atoms with van der Waals surface area (Å²) in [6.07, 6.45) is 2.29. The van der Waals surface area contributed by atoms with Gasteiger partial charge in [-0.25, -0.2) is 4.39 Å². The van der Waals surface area contributed by atoms with E-state index < -0.39 is 0 Å². The topological polar surface area (TPSA) is 33.6 Å². The number of halogens is 1. The summed E-state index contributed by atoms with van der Waals surface area (Å²) >= 11 is 1.72. The number of rotatable bonds is 4. The number of aliphatic imine (C=N–C) groups is 1. The van der Waals surface area contributed by atoms with Gasteiger partial charge >= 0.3 is 0 Å². The molecule has 3 nitrogen and oxygen atoms in total. The molecular weight excluding hydrogens is 275 g/mol. The second-order valence-electron chi connectivity index (χ2n) is 5.09. The van der Waals surface area contributed by atoms with Crippen LogP contribution in [0.1, 0.15) is 26.7 Å². The van der Waals surface area contributed by atoms with Gasteiger partial charge in [0.25, 0.3) is 0 Å². The number of hydrogen-bond acceptors (Lipinski definition) is 4. The summed E-state index contributed by atoms with van der Waals surface area (Å²) in [5.74, 6) is 0.949. The highest BCUT2D eigenvalue weighted by Gasteiger charge is 2.30. The third-order valence-electron chi connectivity index (χ3n) is 3.98. The van der Waals surface area contributed by atoms with Gasteiger partial charge in [0.05, 0.1) is 7.11 Å². The highest BCUT2D eigenvalue weighted by Crippen LogP contribution is 2.35. The first kappa shape index (κ1) is 15.2. The Morgan fingerprint density at radius 3 is 2.65 bits per heavy atom. The van der Waals surface area contributed by atoms with Gasteiger partial charge in [0, 0.05) is 24.1 Å². The summed E-state index contributed by atoms with van der Waals surface area (Å²) in [6, 6.07) is 4.85. The van der Waals surface area contributed by atoms with E-state index in [1.54, 1.807) is 23.9 Å². The van der Waals surface area contributed by atoms with Crippen molar-refractivity contribution in [3.63, 3.8) is 0 Å². The van der Waals surface area contributed by atoms with E-state index in [1.165, 1.54) is 13.2 Å². The average molecular weight is 296 g/mol. The molecule has 2 rings (SSSR count). The number of methoxy groups -OCH3 is 1. The molecule has 0 atom stereocenters. The van der Waals surface area contributed by atoms with Gasteiger partial charge in [-0.2, -0.15) is 0 Å². The Balaban J connectivity index is 2.05. The van der Waals surface area contributed by atoms with E-state index in [1.807, 2.05) is 0 Å². The lowest BCUT2D eigenvalue weighted by molar-refractivity contribution is 0.318. The van der Waals surface area contributed by atoms with Crippen molar-refractivity contribution in [1.82, 2.24) is 0 Å². The summed E-state index contributed by atoms with van der Waals surface area (Å²) in [7, 11) is 1.46. The molecule has 1 heterocycles. The van der Waals surface area contributed by atoms with Gasteiger partial charge in [-0.05, 0) is 30.4 Å². The van der Waals surface area contributed by atoms with Crippen molar-refractivity contribution >= 4 is 22.6 Å².